The second kappa shape index (κ2) is 6.72. The van der Waals surface area contributed by atoms with Crippen molar-refractivity contribution >= 4 is 0 Å². The summed E-state index contributed by atoms with van der Waals surface area (Å²) in [6.45, 7) is 6.66. The number of ether oxygens (including phenoxy) is 1. The number of likely N-dealkylation sites (N-methyl/N-ethyl adjacent to an activating group) is 2. The van der Waals surface area contributed by atoms with Crippen molar-refractivity contribution in [1.29, 1.82) is 0 Å². The van der Waals surface area contributed by atoms with Gasteiger partial charge in [0, 0.05) is 25.7 Å². The van der Waals surface area contributed by atoms with E-state index < -0.39 is 0 Å². The van der Waals surface area contributed by atoms with E-state index in [9.17, 15) is 0 Å². The van der Waals surface area contributed by atoms with Gasteiger partial charge >= 0.3 is 0 Å². The molecule has 0 aliphatic heterocycles. The molecule has 0 radical (unpaired) electrons. The number of rotatable bonds is 6. The van der Waals surface area contributed by atoms with Gasteiger partial charge in [-0.05, 0) is 45.2 Å². The molecule has 0 saturated heterocycles. The lowest BCUT2D eigenvalue weighted by atomic mass is 9.75. The summed E-state index contributed by atoms with van der Waals surface area (Å²) in [5.41, 5.74) is 0.562. The Morgan fingerprint density at radius 2 is 1.94 bits per heavy atom. The standard InChI is InChI=1S/C14H30N2O/c1-14(2)8-6-13(7-9-14)16(4)10-12(15-3)11-17-5/h12-13,15H,6-11H2,1-5H3. The van der Waals surface area contributed by atoms with Crippen molar-refractivity contribution in [2.45, 2.75) is 51.6 Å². The molecule has 0 bridgehead atoms. The van der Waals surface area contributed by atoms with Crippen molar-refractivity contribution in [3.8, 4) is 0 Å². The third kappa shape index (κ3) is 4.94. The second-order valence-electron chi connectivity index (χ2n) is 6.28. The summed E-state index contributed by atoms with van der Waals surface area (Å²) in [6, 6.07) is 1.20. The third-order valence-electron chi connectivity index (χ3n) is 4.22. The highest BCUT2D eigenvalue weighted by Gasteiger charge is 2.29. The van der Waals surface area contributed by atoms with Gasteiger partial charge in [0.15, 0.2) is 0 Å². The minimum Gasteiger partial charge on any atom is -0.383 e. The highest BCUT2D eigenvalue weighted by Crippen LogP contribution is 2.36. The van der Waals surface area contributed by atoms with Crippen LogP contribution in [0.2, 0.25) is 0 Å². The molecule has 1 unspecified atom stereocenters. The average Bonchev–Trinajstić information content (AvgIpc) is 2.28. The fourth-order valence-electron chi connectivity index (χ4n) is 2.75. The molecule has 1 N–H and O–H groups in total. The fraction of sp³-hybridized carbons (Fsp3) is 1.00. The van der Waals surface area contributed by atoms with Crippen LogP contribution in [0.4, 0.5) is 0 Å². The zero-order valence-electron chi connectivity index (χ0n) is 12.3. The third-order valence-corrected chi connectivity index (χ3v) is 4.22. The van der Waals surface area contributed by atoms with E-state index in [1.54, 1.807) is 7.11 Å². The van der Waals surface area contributed by atoms with Crippen LogP contribution in [0.25, 0.3) is 0 Å². The Bertz CT molecular complexity index is 208. The maximum absolute atomic E-state index is 5.23. The topological polar surface area (TPSA) is 24.5 Å². The summed E-state index contributed by atoms with van der Waals surface area (Å²) in [5, 5.41) is 3.32. The highest BCUT2D eigenvalue weighted by molar-refractivity contribution is 4.84. The lowest BCUT2D eigenvalue weighted by Crippen LogP contribution is -2.46. The molecule has 0 amide bonds. The molecule has 102 valence electrons. The largest absolute Gasteiger partial charge is 0.383 e. The van der Waals surface area contributed by atoms with Crippen LogP contribution in [-0.2, 0) is 4.74 Å². The number of nitrogens with zero attached hydrogens (tertiary/aromatic N) is 1. The average molecular weight is 242 g/mol. The molecule has 1 rings (SSSR count). The molecule has 1 aliphatic carbocycles. The van der Waals surface area contributed by atoms with Gasteiger partial charge < -0.3 is 15.0 Å². The van der Waals surface area contributed by atoms with Crippen LogP contribution in [0.1, 0.15) is 39.5 Å². The fourth-order valence-corrected chi connectivity index (χ4v) is 2.75. The van der Waals surface area contributed by atoms with Crippen molar-refractivity contribution in [3.05, 3.63) is 0 Å². The minimum atomic E-state index is 0.444. The molecule has 3 nitrogen and oxygen atoms in total. The van der Waals surface area contributed by atoms with Crippen molar-refractivity contribution in [2.75, 3.05) is 34.4 Å². The van der Waals surface area contributed by atoms with E-state index in [2.05, 4.69) is 31.1 Å². The van der Waals surface area contributed by atoms with Crippen LogP contribution in [0.3, 0.4) is 0 Å². The van der Waals surface area contributed by atoms with Gasteiger partial charge in [-0.15, -0.1) is 0 Å². The lowest BCUT2D eigenvalue weighted by Gasteiger charge is -2.39. The van der Waals surface area contributed by atoms with E-state index in [4.69, 9.17) is 4.74 Å². The first-order valence-corrected chi connectivity index (χ1v) is 6.85. The number of methoxy groups -OCH3 is 1. The van der Waals surface area contributed by atoms with Crippen molar-refractivity contribution in [1.82, 2.24) is 10.2 Å². The van der Waals surface area contributed by atoms with Crippen molar-refractivity contribution < 1.29 is 4.74 Å². The summed E-state index contributed by atoms with van der Waals surface area (Å²) in [7, 11) is 6.04. The molecule has 3 heteroatoms. The monoisotopic (exact) mass is 242 g/mol. The molecule has 17 heavy (non-hydrogen) atoms. The Hall–Kier alpha value is -0.120. The highest BCUT2D eigenvalue weighted by atomic mass is 16.5. The Balaban J connectivity index is 2.35. The first-order chi connectivity index (χ1) is 7.98. The van der Waals surface area contributed by atoms with Gasteiger partial charge in [-0.3, -0.25) is 0 Å². The number of hydrogen-bond acceptors (Lipinski definition) is 3. The molecule has 1 aliphatic rings. The smallest absolute Gasteiger partial charge is 0.0628 e. The van der Waals surface area contributed by atoms with Crippen LogP contribution < -0.4 is 5.32 Å². The summed E-state index contributed by atoms with van der Waals surface area (Å²) < 4.78 is 5.23. The molecular formula is C14H30N2O. The normalized spacial score (nSPS) is 22.9. The summed E-state index contributed by atoms with van der Waals surface area (Å²) in [6.07, 6.45) is 5.40. The van der Waals surface area contributed by atoms with E-state index in [1.807, 2.05) is 7.05 Å². The molecule has 1 saturated carbocycles. The van der Waals surface area contributed by atoms with Gasteiger partial charge in [-0.2, -0.15) is 0 Å². The molecule has 1 fully saturated rings. The summed E-state index contributed by atoms with van der Waals surface area (Å²) in [5.74, 6) is 0. The first kappa shape index (κ1) is 14.9. The van der Waals surface area contributed by atoms with Crippen LogP contribution in [-0.4, -0.2) is 51.3 Å². The Labute approximate surface area is 107 Å². The van der Waals surface area contributed by atoms with Crippen LogP contribution in [0.5, 0.6) is 0 Å². The Morgan fingerprint density at radius 1 is 1.35 bits per heavy atom. The van der Waals surface area contributed by atoms with E-state index in [1.165, 1.54) is 25.7 Å². The molecule has 1 atom stereocenters. The number of nitrogens with one attached hydrogen (secondary N) is 1. The van der Waals surface area contributed by atoms with Crippen molar-refractivity contribution in [2.24, 2.45) is 5.41 Å². The Kier molecular flexibility index (Phi) is 5.90. The van der Waals surface area contributed by atoms with E-state index in [0.717, 1.165) is 19.2 Å². The molecule has 0 aromatic heterocycles. The predicted molar refractivity (Wildman–Crippen MR) is 73.4 cm³/mol. The van der Waals surface area contributed by atoms with Crippen LogP contribution in [0.15, 0.2) is 0 Å². The van der Waals surface area contributed by atoms with Gasteiger partial charge in [0.25, 0.3) is 0 Å². The maximum Gasteiger partial charge on any atom is 0.0628 e. The second-order valence-corrected chi connectivity index (χ2v) is 6.28. The quantitative estimate of drug-likeness (QED) is 0.772. The summed E-state index contributed by atoms with van der Waals surface area (Å²) in [4.78, 5) is 2.51. The van der Waals surface area contributed by atoms with Gasteiger partial charge in [0.1, 0.15) is 0 Å². The van der Waals surface area contributed by atoms with E-state index in [-0.39, 0.29) is 0 Å². The zero-order valence-corrected chi connectivity index (χ0v) is 12.3. The molecule has 0 spiro atoms. The zero-order chi connectivity index (χ0) is 12.9. The first-order valence-electron chi connectivity index (χ1n) is 6.85. The predicted octanol–water partition coefficient (Wildman–Crippen LogP) is 2.12. The molecule has 0 heterocycles. The molecule has 0 aromatic rings. The van der Waals surface area contributed by atoms with Crippen LogP contribution >= 0.6 is 0 Å². The van der Waals surface area contributed by atoms with Crippen LogP contribution in [0, 0.1) is 5.41 Å². The van der Waals surface area contributed by atoms with Crippen molar-refractivity contribution in [3.63, 3.8) is 0 Å². The van der Waals surface area contributed by atoms with Gasteiger partial charge in [0.05, 0.1) is 6.61 Å². The SMILES string of the molecule is CNC(COC)CN(C)C1CCC(C)(C)CC1. The summed E-state index contributed by atoms with van der Waals surface area (Å²) >= 11 is 0. The maximum atomic E-state index is 5.23. The van der Waals surface area contributed by atoms with E-state index >= 15 is 0 Å². The Morgan fingerprint density at radius 3 is 2.41 bits per heavy atom. The minimum absolute atomic E-state index is 0.444. The van der Waals surface area contributed by atoms with E-state index in [0.29, 0.717) is 11.5 Å². The number of hydrogen-bond donors (Lipinski definition) is 1. The molecule has 0 aromatic carbocycles. The molecular weight excluding hydrogens is 212 g/mol. The lowest BCUT2D eigenvalue weighted by molar-refractivity contribution is 0.0986. The van der Waals surface area contributed by atoms with Gasteiger partial charge in [-0.1, -0.05) is 13.8 Å². The van der Waals surface area contributed by atoms with Gasteiger partial charge in [-0.25, -0.2) is 0 Å². The van der Waals surface area contributed by atoms with Gasteiger partial charge in [0.2, 0.25) is 0 Å².